The van der Waals surface area contributed by atoms with Gasteiger partial charge in [0.15, 0.2) is 0 Å². The van der Waals surface area contributed by atoms with Crippen molar-refractivity contribution in [2.24, 2.45) is 0 Å². The number of thiophene rings is 1. The summed E-state index contributed by atoms with van der Waals surface area (Å²) in [5.41, 5.74) is -0.153. The molecule has 5 nitrogen and oxygen atoms in total. The van der Waals surface area contributed by atoms with E-state index >= 15 is 0 Å². The van der Waals surface area contributed by atoms with Crippen LogP contribution in [0, 0.1) is 0 Å². The molecule has 0 amide bonds. The van der Waals surface area contributed by atoms with E-state index in [0.29, 0.717) is 18.1 Å². The molecule has 0 aromatic carbocycles. The van der Waals surface area contributed by atoms with Crippen LogP contribution in [0.4, 0.5) is 0 Å². The zero-order valence-electron chi connectivity index (χ0n) is 11.6. The molecule has 0 unspecified atom stereocenters. The fourth-order valence-corrected chi connectivity index (χ4v) is 1.50. The first-order valence-electron chi connectivity index (χ1n) is 5.76. The van der Waals surface area contributed by atoms with Gasteiger partial charge in [-0.1, -0.05) is 6.07 Å². The number of hydrogen-bond donors (Lipinski definition) is 1. The van der Waals surface area contributed by atoms with E-state index in [9.17, 15) is 9.59 Å². The molecule has 0 aliphatic heterocycles. The van der Waals surface area contributed by atoms with E-state index in [2.05, 4.69) is 4.74 Å². The number of aromatic carboxylic acids is 1. The monoisotopic (exact) mass is 288 g/mol. The lowest BCUT2D eigenvalue weighted by molar-refractivity contribution is -0.144. The van der Waals surface area contributed by atoms with E-state index in [0.717, 1.165) is 0 Å². The maximum Gasteiger partial charge on any atom is 0.345 e. The van der Waals surface area contributed by atoms with Crippen LogP contribution in [0.2, 0.25) is 0 Å². The summed E-state index contributed by atoms with van der Waals surface area (Å²) < 4.78 is 9.98. The molecule has 1 aromatic rings. The number of carbonyl (C=O) groups is 2. The molecule has 108 valence electrons. The Morgan fingerprint density at radius 1 is 1.32 bits per heavy atom. The lowest BCUT2D eigenvalue weighted by Crippen LogP contribution is -2.22. The minimum atomic E-state index is -0.847. The van der Waals surface area contributed by atoms with Crippen LogP contribution in [0.1, 0.15) is 37.4 Å². The topological polar surface area (TPSA) is 72.8 Å². The van der Waals surface area contributed by atoms with Crippen LogP contribution in [-0.4, -0.2) is 35.9 Å². The molecule has 0 fully saturated rings. The van der Waals surface area contributed by atoms with E-state index in [1.54, 1.807) is 17.5 Å². The predicted octanol–water partition coefficient (Wildman–Crippen LogP) is 2.81. The predicted molar refractivity (Wildman–Crippen MR) is 73.6 cm³/mol. The molecule has 1 N–H and O–H groups in total. The number of hydrogen-bond acceptors (Lipinski definition) is 5. The first-order chi connectivity index (χ1) is 8.72. The van der Waals surface area contributed by atoms with Crippen molar-refractivity contribution in [1.82, 2.24) is 0 Å². The lowest BCUT2D eigenvalue weighted by Gasteiger charge is -2.18. The largest absolute Gasteiger partial charge is 0.477 e. The number of esters is 1. The van der Waals surface area contributed by atoms with Crippen molar-refractivity contribution in [3.05, 3.63) is 22.4 Å². The van der Waals surface area contributed by atoms with Crippen molar-refractivity contribution in [3.63, 3.8) is 0 Å². The Bertz CT molecular complexity index is 378. The van der Waals surface area contributed by atoms with Gasteiger partial charge in [0.1, 0.15) is 11.5 Å². The Morgan fingerprint density at radius 3 is 2.26 bits per heavy atom. The Balaban J connectivity index is 0.000000356. The summed E-state index contributed by atoms with van der Waals surface area (Å²) >= 11 is 1.23. The van der Waals surface area contributed by atoms with E-state index < -0.39 is 5.97 Å². The van der Waals surface area contributed by atoms with Crippen LogP contribution >= 0.6 is 11.3 Å². The second-order valence-electron chi connectivity index (χ2n) is 4.58. The van der Waals surface area contributed by atoms with E-state index in [1.165, 1.54) is 18.3 Å². The van der Waals surface area contributed by atoms with Gasteiger partial charge in [-0.25, -0.2) is 4.79 Å². The number of carboxylic acids is 1. The van der Waals surface area contributed by atoms with Gasteiger partial charge in [-0.2, -0.15) is 0 Å². The smallest absolute Gasteiger partial charge is 0.345 e. The fraction of sp³-hybridized carbons (Fsp3) is 0.538. The van der Waals surface area contributed by atoms with Gasteiger partial charge in [-0.05, 0) is 32.2 Å². The number of carbonyl (C=O) groups excluding carboxylic acids is 1. The third-order valence-electron chi connectivity index (χ3n) is 1.66. The van der Waals surface area contributed by atoms with Crippen LogP contribution in [0.5, 0.6) is 0 Å². The maximum absolute atomic E-state index is 10.3. The van der Waals surface area contributed by atoms with Crippen LogP contribution in [0.15, 0.2) is 17.5 Å². The van der Waals surface area contributed by atoms with Gasteiger partial charge in [0.25, 0.3) is 0 Å². The lowest BCUT2D eigenvalue weighted by atomic mass is 10.2. The molecule has 0 atom stereocenters. The third kappa shape index (κ3) is 11.4. The van der Waals surface area contributed by atoms with Crippen LogP contribution in [-0.2, 0) is 14.3 Å². The molecule has 0 spiro atoms. The molecule has 0 aliphatic rings. The highest BCUT2D eigenvalue weighted by Crippen LogP contribution is 2.06. The quantitative estimate of drug-likeness (QED) is 0.681. The Kier molecular flexibility index (Phi) is 8.02. The zero-order valence-corrected chi connectivity index (χ0v) is 12.5. The Labute approximate surface area is 117 Å². The minimum Gasteiger partial charge on any atom is -0.477 e. The van der Waals surface area contributed by atoms with Gasteiger partial charge in [0.2, 0.25) is 0 Å². The average Bonchev–Trinajstić information content (AvgIpc) is 2.77. The highest BCUT2D eigenvalue weighted by Gasteiger charge is 2.09. The first-order valence-corrected chi connectivity index (χ1v) is 6.64. The van der Waals surface area contributed by atoms with Crippen molar-refractivity contribution in [2.45, 2.75) is 33.3 Å². The summed E-state index contributed by atoms with van der Waals surface area (Å²) in [6.07, 6.45) is 0. The van der Waals surface area contributed by atoms with Gasteiger partial charge in [-0.15, -0.1) is 11.3 Å². The first kappa shape index (κ1) is 17.6. The second-order valence-corrected chi connectivity index (χ2v) is 5.53. The van der Waals surface area contributed by atoms with Gasteiger partial charge in [0, 0.05) is 6.92 Å². The summed E-state index contributed by atoms with van der Waals surface area (Å²) in [5.74, 6) is -1.11. The normalized spacial score (nSPS) is 10.3. The number of ether oxygens (including phenoxy) is 2. The maximum atomic E-state index is 10.3. The van der Waals surface area contributed by atoms with Crippen molar-refractivity contribution in [2.75, 3.05) is 13.2 Å². The standard InChI is InChI=1S/C8H16O3.C5H4O2S/c1-7(9)10-5-6-11-8(2,3)4;6-5(7)4-2-1-3-8-4/h5-6H2,1-4H3;1-3H,(H,6,7). The van der Waals surface area contributed by atoms with Crippen molar-refractivity contribution >= 4 is 23.3 Å². The summed E-state index contributed by atoms with van der Waals surface area (Å²) in [7, 11) is 0. The highest BCUT2D eigenvalue weighted by molar-refractivity contribution is 7.11. The molecule has 0 saturated carbocycles. The Hall–Kier alpha value is -1.40. The van der Waals surface area contributed by atoms with Gasteiger partial charge < -0.3 is 14.6 Å². The summed E-state index contributed by atoms with van der Waals surface area (Å²) in [6, 6.07) is 3.29. The summed E-state index contributed by atoms with van der Waals surface area (Å²) in [4.78, 5) is 20.8. The molecule has 1 aromatic heterocycles. The van der Waals surface area contributed by atoms with Crippen LogP contribution < -0.4 is 0 Å². The van der Waals surface area contributed by atoms with Gasteiger partial charge in [-0.3, -0.25) is 4.79 Å². The van der Waals surface area contributed by atoms with Crippen LogP contribution in [0.25, 0.3) is 0 Å². The molecule has 1 rings (SSSR count). The molecule has 19 heavy (non-hydrogen) atoms. The van der Waals surface area contributed by atoms with E-state index in [4.69, 9.17) is 9.84 Å². The molecular weight excluding hydrogens is 268 g/mol. The van der Waals surface area contributed by atoms with Gasteiger partial charge >= 0.3 is 11.9 Å². The fourth-order valence-electron chi connectivity index (χ4n) is 0.933. The van der Waals surface area contributed by atoms with Crippen molar-refractivity contribution in [3.8, 4) is 0 Å². The van der Waals surface area contributed by atoms with Crippen molar-refractivity contribution in [1.29, 1.82) is 0 Å². The van der Waals surface area contributed by atoms with E-state index in [1.807, 2.05) is 20.8 Å². The molecule has 1 heterocycles. The zero-order chi connectivity index (χ0) is 14.9. The molecular formula is C13H20O5S. The van der Waals surface area contributed by atoms with E-state index in [-0.39, 0.29) is 11.6 Å². The van der Waals surface area contributed by atoms with Gasteiger partial charge in [0.05, 0.1) is 12.2 Å². The second kappa shape index (κ2) is 8.66. The van der Waals surface area contributed by atoms with Crippen LogP contribution in [0.3, 0.4) is 0 Å². The summed E-state index contributed by atoms with van der Waals surface area (Å²) in [5, 5.41) is 10.0. The van der Waals surface area contributed by atoms with Crippen molar-refractivity contribution < 1.29 is 24.2 Å². The third-order valence-corrected chi connectivity index (χ3v) is 2.51. The molecule has 6 heteroatoms. The summed E-state index contributed by atoms with van der Waals surface area (Å²) in [6.45, 7) is 8.06. The Morgan fingerprint density at radius 2 is 1.95 bits per heavy atom. The SMILES string of the molecule is CC(=O)OCCOC(C)(C)C.O=C(O)c1cccs1. The highest BCUT2D eigenvalue weighted by atomic mass is 32.1. The minimum absolute atomic E-state index is 0.153. The number of rotatable bonds is 4. The average molecular weight is 288 g/mol. The number of carboxylic acid groups (broad SMARTS) is 1. The molecule has 0 aliphatic carbocycles. The molecule has 0 saturated heterocycles. The molecule has 0 bridgehead atoms. The molecule has 0 radical (unpaired) electrons.